The van der Waals surface area contributed by atoms with Crippen molar-refractivity contribution in [2.75, 3.05) is 0 Å². The Hall–Kier alpha value is -4.35. The van der Waals surface area contributed by atoms with E-state index in [4.69, 9.17) is 21.0 Å². The lowest BCUT2D eigenvalue weighted by Crippen LogP contribution is -1.97. The van der Waals surface area contributed by atoms with Crippen molar-refractivity contribution in [3.05, 3.63) is 96.4 Å². The quantitative estimate of drug-likeness (QED) is 0.251. The molecule has 34 heavy (non-hydrogen) atoms. The molecule has 4 aromatic carbocycles. The van der Waals surface area contributed by atoms with Gasteiger partial charge in [0.05, 0.1) is 0 Å². The molecule has 0 aliphatic rings. The molecule has 0 aliphatic heterocycles. The molecule has 3 heterocycles. The van der Waals surface area contributed by atoms with Crippen LogP contribution in [0, 0.1) is 0 Å². The summed E-state index contributed by atoms with van der Waals surface area (Å²) in [6, 6.07) is 28.4. The molecule has 0 aliphatic carbocycles. The van der Waals surface area contributed by atoms with Crippen molar-refractivity contribution in [2.24, 2.45) is 0 Å². The summed E-state index contributed by atoms with van der Waals surface area (Å²) in [6.45, 7) is 0. The summed E-state index contributed by atoms with van der Waals surface area (Å²) in [5, 5.41) is 5.79. The summed E-state index contributed by atoms with van der Waals surface area (Å²) in [7, 11) is 0. The zero-order valence-corrected chi connectivity index (χ0v) is 18.5. The number of rotatable bonds is 2. The zero-order valence-electron chi connectivity index (χ0n) is 17.7. The number of furan rings is 1. The average molecular weight is 459 g/mol. The monoisotopic (exact) mass is 458 g/mol. The second-order valence-corrected chi connectivity index (χ2v) is 8.48. The SMILES string of the molecule is Clc1nc(-c2ccc3c(ccc4ccccc43)c2)nc(-c2ccc3oc4cccnc4c3c2)n1. The van der Waals surface area contributed by atoms with E-state index in [-0.39, 0.29) is 5.28 Å². The maximum absolute atomic E-state index is 6.35. The van der Waals surface area contributed by atoms with Crippen LogP contribution >= 0.6 is 11.6 Å². The summed E-state index contributed by atoms with van der Waals surface area (Å²) in [5.41, 5.74) is 4.01. The Balaban J connectivity index is 1.37. The van der Waals surface area contributed by atoms with Gasteiger partial charge in [0.1, 0.15) is 11.1 Å². The average Bonchev–Trinajstić information content (AvgIpc) is 3.26. The molecular formula is C28H15ClN4O. The minimum Gasteiger partial charge on any atom is -0.454 e. The van der Waals surface area contributed by atoms with Crippen molar-refractivity contribution in [3.63, 3.8) is 0 Å². The maximum atomic E-state index is 6.35. The first-order chi connectivity index (χ1) is 16.7. The first-order valence-electron chi connectivity index (χ1n) is 10.8. The number of benzene rings is 4. The number of pyridine rings is 1. The summed E-state index contributed by atoms with van der Waals surface area (Å²) in [6.07, 6.45) is 1.75. The van der Waals surface area contributed by atoms with Crippen LogP contribution in [0.3, 0.4) is 0 Å². The second kappa shape index (κ2) is 7.33. The Morgan fingerprint density at radius 1 is 0.588 bits per heavy atom. The van der Waals surface area contributed by atoms with Crippen LogP contribution in [0.15, 0.2) is 95.5 Å². The van der Waals surface area contributed by atoms with Gasteiger partial charge in [-0.1, -0.05) is 48.5 Å². The fourth-order valence-electron chi connectivity index (χ4n) is 4.50. The van der Waals surface area contributed by atoms with Crippen LogP contribution in [0.4, 0.5) is 0 Å². The Kier molecular flexibility index (Phi) is 4.13. The van der Waals surface area contributed by atoms with Gasteiger partial charge >= 0.3 is 0 Å². The van der Waals surface area contributed by atoms with Gasteiger partial charge in [0.25, 0.3) is 0 Å². The predicted octanol–water partition coefficient (Wildman–Crippen LogP) is 7.46. The fourth-order valence-corrected chi connectivity index (χ4v) is 4.66. The van der Waals surface area contributed by atoms with Crippen molar-refractivity contribution in [1.82, 2.24) is 19.9 Å². The van der Waals surface area contributed by atoms with Crippen LogP contribution in [-0.2, 0) is 0 Å². The molecule has 0 N–H and O–H groups in total. The Labute approximate surface area is 198 Å². The molecular weight excluding hydrogens is 444 g/mol. The van der Waals surface area contributed by atoms with Crippen molar-refractivity contribution in [2.45, 2.75) is 0 Å². The minimum absolute atomic E-state index is 0.147. The summed E-state index contributed by atoms with van der Waals surface area (Å²) < 4.78 is 5.89. The van der Waals surface area contributed by atoms with Gasteiger partial charge in [-0.3, -0.25) is 4.98 Å². The van der Waals surface area contributed by atoms with Gasteiger partial charge in [-0.15, -0.1) is 0 Å². The number of fused-ring (bicyclic) bond motifs is 6. The highest BCUT2D eigenvalue weighted by Crippen LogP contribution is 2.32. The predicted molar refractivity (Wildman–Crippen MR) is 136 cm³/mol. The third-order valence-electron chi connectivity index (χ3n) is 6.09. The van der Waals surface area contributed by atoms with Crippen LogP contribution in [0.25, 0.3) is 66.4 Å². The Bertz CT molecular complexity index is 1890. The third kappa shape index (κ3) is 3.02. The molecule has 0 amide bonds. The van der Waals surface area contributed by atoms with Crippen molar-refractivity contribution in [1.29, 1.82) is 0 Å². The lowest BCUT2D eigenvalue weighted by Gasteiger charge is -2.08. The molecule has 7 aromatic rings. The van der Waals surface area contributed by atoms with Crippen LogP contribution < -0.4 is 0 Å². The van der Waals surface area contributed by atoms with E-state index in [2.05, 4.69) is 63.5 Å². The lowest BCUT2D eigenvalue weighted by atomic mass is 10.00. The van der Waals surface area contributed by atoms with Gasteiger partial charge in [-0.2, -0.15) is 9.97 Å². The molecule has 160 valence electrons. The summed E-state index contributed by atoms with van der Waals surface area (Å²) in [4.78, 5) is 18.0. The standard InChI is InChI=1S/C28H15ClN4O/c29-28-32-26(18-9-11-21-17(14-18)8-7-16-4-1-2-5-20(16)21)31-27(33-28)19-10-12-23-22(15-19)25-24(34-23)6-3-13-30-25/h1-15H. The van der Waals surface area contributed by atoms with Gasteiger partial charge in [-0.25, -0.2) is 4.98 Å². The van der Waals surface area contributed by atoms with E-state index in [0.717, 1.165) is 38.6 Å². The number of halogens is 1. The first kappa shape index (κ1) is 19.1. The molecule has 0 atom stereocenters. The number of aromatic nitrogens is 4. The number of hydrogen-bond acceptors (Lipinski definition) is 5. The molecule has 7 rings (SSSR count). The van der Waals surface area contributed by atoms with E-state index in [0.29, 0.717) is 11.6 Å². The van der Waals surface area contributed by atoms with Gasteiger partial charge in [-0.05, 0) is 69.5 Å². The highest BCUT2D eigenvalue weighted by atomic mass is 35.5. The van der Waals surface area contributed by atoms with E-state index in [1.54, 1.807) is 6.20 Å². The van der Waals surface area contributed by atoms with Crippen molar-refractivity contribution >= 4 is 55.2 Å². The van der Waals surface area contributed by atoms with Crippen LogP contribution in [0.5, 0.6) is 0 Å². The van der Waals surface area contributed by atoms with Gasteiger partial charge in [0.2, 0.25) is 5.28 Å². The van der Waals surface area contributed by atoms with Gasteiger partial charge in [0.15, 0.2) is 17.2 Å². The van der Waals surface area contributed by atoms with E-state index in [1.807, 2.05) is 36.4 Å². The highest BCUT2D eigenvalue weighted by molar-refractivity contribution is 6.28. The summed E-state index contributed by atoms with van der Waals surface area (Å²) in [5.74, 6) is 1.03. The van der Waals surface area contributed by atoms with Crippen LogP contribution in [-0.4, -0.2) is 19.9 Å². The molecule has 5 nitrogen and oxygen atoms in total. The largest absolute Gasteiger partial charge is 0.454 e. The van der Waals surface area contributed by atoms with Gasteiger partial charge in [0, 0.05) is 22.7 Å². The minimum atomic E-state index is 0.147. The molecule has 0 unspecified atom stereocenters. The summed E-state index contributed by atoms with van der Waals surface area (Å²) >= 11 is 6.35. The molecule has 0 bridgehead atoms. The van der Waals surface area contributed by atoms with Gasteiger partial charge < -0.3 is 4.42 Å². The van der Waals surface area contributed by atoms with Crippen LogP contribution in [0.1, 0.15) is 0 Å². The normalized spacial score (nSPS) is 11.7. The van der Waals surface area contributed by atoms with E-state index in [9.17, 15) is 0 Å². The fraction of sp³-hybridized carbons (Fsp3) is 0. The van der Waals surface area contributed by atoms with Crippen LogP contribution in [0.2, 0.25) is 5.28 Å². The Morgan fingerprint density at radius 2 is 1.35 bits per heavy atom. The van der Waals surface area contributed by atoms with E-state index in [1.165, 1.54) is 16.2 Å². The maximum Gasteiger partial charge on any atom is 0.226 e. The molecule has 0 saturated carbocycles. The van der Waals surface area contributed by atoms with Crippen molar-refractivity contribution in [3.8, 4) is 22.8 Å². The topological polar surface area (TPSA) is 64.7 Å². The number of hydrogen-bond donors (Lipinski definition) is 0. The van der Waals surface area contributed by atoms with Crippen molar-refractivity contribution < 1.29 is 4.42 Å². The highest BCUT2D eigenvalue weighted by Gasteiger charge is 2.14. The molecule has 0 fully saturated rings. The second-order valence-electron chi connectivity index (χ2n) is 8.14. The molecule has 3 aromatic heterocycles. The Morgan fingerprint density at radius 3 is 2.26 bits per heavy atom. The molecule has 0 saturated heterocycles. The molecule has 6 heteroatoms. The third-order valence-corrected chi connectivity index (χ3v) is 6.26. The smallest absolute Gasteiger partial charge is 0.226 e. The van der Waals surface area contributed by atoms with E-state index >= 15 is 0 Å². The molecule has 0 radical (unpaired) electrons. The molecule has 0 spiro atoms. The number of nitrogens with zero attached hydrogens (tertiary/aromatic N) is 4. The lowest BCUT2D eigenvalue weighted by molar-refractivity contribution is 0.668. The van der Waals surface area contributed by atoms with E-state index < -0.39 is 0 Å². The zero-order chi connectivity index (χ0) is 22.6. The first-order valence-corrected chi connectivity index (χ1v) is 11.2.